The average molecular weight is 302 g/mol. The predicted octanol–water partition coefficient (Wildman–Crippen LogP) is 1.51. The summed E-state index contributed by atoms with van der Waals surface area (Å²) in [5, 5.41) is 17.9. The van der Waals surface area contributed by atoms with Crippen LogP contribution in [0.3, 0.4) is 0 Å². The maximum Gasteiger partial charge on any atom is 0.354 e. The van der Waals surface area contributed by atoms with Crippen LogP contribution in [0, 0.1) is 0 Å². The maximum atomic E-state index is 11.4. The molecule has 0 unspecified atom stereocenters. The number of benzene rings is 1. The van der Waals surface area contributed by atoms with Crippen LogP contribution in [0.4, 0.5) is 0 Å². The van der Waals surface area contributed by atoms with Crippen LogP contribution >= 0.6 is 11.8 Å². The molecule has 0 atom stereocenters. The van der Waals surface area contributed by atoms with E-state index in [1.165, 1.54) is 10.6 Å². The molecule has 8 heteroatoms. The van der Waals surface area contributed by atoms with Crippen LogP contribution in [0.15, 0.2) is 45.3 Å². The zero-order valence-electron chi connectivity index (χ0n) is 10.9. The zero-order chi connectivity index (χ0) is 15.0. The van der Waals surface area contributed by atoms with Gasteiger partial charge in [0.2, 0.25) is 0 Å². The number of aromatic amines is 1. The van der Waals surface area contributed by atoms with E-state index in [2.05, 4.69) is 15.2 Å². The molecule has 2 heterocycles. The van der Waals surface area contributed by atoms with Gasteiger partial charge in [-0.2, -0.15) is 0 Å². The number of fused-ring (bicyclic) bond motifs is 1. The molecule has 0 aliphatic carbocycles. The van der Waals surface area contributed by atoms with Crippen LogP contribution in [-0.4, -0.2) is 30.8 Å². The third-order valence-electron chi connectivity index (χ3n) is 2.95. The number of pyridine rings is 1. The molecular weight excluding hydrogens is 292 g/mol. The Hall–Kier alpha value is -2.61. The summed E-state index contributed by atoms with van der Waals surface area (Å²) < 4.78 is 1.34. The maximum absolute atomic E-state index is 11.4. The molecule has 1 aromatic carbocycles. The van der Waals surface area contributed by atoms with Crippen molar-refractivity contribution in [1.82, 2.24) is 19.7 Å². The third kappa shape index (κ3) is 2.40. The van der Waals surface area contributed by atoms with E-state index < -0.39 is 5.97 Å². The Morgan fingerprint density at radius 3 is 2.81 bits per heavy atom. The molecule has 0 aliphatic rings. The van der Waals surface area contributed by atoms with Crippen LogP contribution in [0.5, 0.6) is 0 Å². The number of H-pyrrole nitrogens is 1. The Bertz CT molecular complexity index is 900. The van der Waals surface area contributed by atoms with Gasteiger partial charge in [-0.05, 0) is 23.2 Å². The Kier molecular flexibility index (Phi) is 3.22. The molecule has 3 rings (SSSR count). The number of rotatable bonds is 3. The molecule has 0 aliphatic heterocycles. The Balaban J connectivity index is 2.18. The summed E-state index contributed by atoms with van der Waals surface area (Å²) in [6.07, 6.45) is 0. The fraction of sp³-hybridized carbons (Fsp3) is 0.0769. The van der Waals surface area contributed by atoms with E-state index in [0.29, 0.717) is 10.2 Å². The minimum absolute atomic E-state index is 0.0447. The number of carboxylic acid groups (broad SMARTS) is 1. The lowest BCUT2D eigenvalue weighted by Crippen LogP contribution is -2.12. The molecule has 0 fully saturated rings. The molecule has 0 saturated carbocycles. The van der Waals surface area contributed by atoms with Crippen LogP contribution in [0.2, 0.25) is 0 Å². The highest BCUT2D eigenvalue weighted by Crippen LogP contribution is 2.30. The van der Waals surface area contributed by atoms with Crippen molar-refractivity contribution in [1.29, 1.82) is 0 Å². The summed E-state index contributed by atoms with van der Waals surface area (Å²) in [7, 11) is 1.58. The van der Waals surface area contributed by atoms with Crippen molar-refractivity contribution >= 4 is 28.5 Å². The molecule has 7 nitrogen and oxygen atoms in total. The lowest BCUT2D eigenvalue weighted by atomic mass is 10.1. The Morgan fingerprint density at radius 1 is 1.38 bits per heavy atom. The first-order valence-electron chi connectivity index (χ1n) is 5.98. The summed E-state index contributed by atoms with van der Waals surface area (Å²) in [4.78, 5) is 26.7. The lowest BCUT2D eigenvalue weighted by molar-refractivity contribution is 0.0690. The van der Waals surface area contributed by atoms with Crippen molar-refractivity contribution in [2.45, 2.75) is 10.2 Å². The minimum atomic E-state index is -1.10. The second-order valence-corrected chi connectivity index (χ2v) is 5.27. The van der Waals surface area contributed by atoms with Gasteiger partial charge < -0.3 is 5.11 Å². The summed E-state index contributed by atoms with van der Waals surface area (Å²) in [5.41, 5.74) is -0.382. The van der Waals surface area contributed by atoms with Gasteiger partial charge in [0.25, 0.3) is 0 Å². The minimum Gasteiger partial charge on any atom is -0.477 e. The van der Waals surface area contributed by atoms with Crippen LogP contribution in [0.1, 0.15) is 10.5 Å². The van der Waals surface area contributed by atoms with Crippen molar-refractivity contribution in [2.75, 3.05) is 0 Å². The van der Waals surface area contributed by atoms with E-state index in [1.807, 2.05) is 24.3 Å². The van der Waals surface area contributed by atoms with Gasteiger partial charge in [0, 0.05) is 12.4 Å². The van der Waals surface area contributed by atoms with E-state index in [1.54, 1.807) is 7.05 Å². The molecule has 0 bridgehead atoms. The second kappa shape index (κ2) is 5.06. The molecule has 21 heavy (non-hydrogen) atoms. The number of aromatic carboxylic acids is 1. The van der Waals surface area contributed by atoms with Crippen molar-refractivity contribution in [3.05, 3.63) is 46.5 Å². The average Bonchev–Trinajstić information content (AvgIpc) is 2.79. The fourth-order valence-electron chi connectivity index (χ4n) is 1.86. The van der Waals surface area contributed by atoms with Gasteiger partial charge in [0.15, 0.2) is 5.16 Å². The number of carboxylic acids is 1. The standard InChI is InChI=1S/C13H10N4O3S/c1-17-12(20)15-16-13(17)21-10-8-5-3-2-4-7(8)6-9(14-10)11(18)19/h2-6H,1H3,(H,15,20)(H,18,19). The van der Waals surface area contributed by atoms with Gasteiger partial charge in [-0.15, -0.1) is 5.10 Å². The Labute approximate surface area is 122 Å². The zero-order valence-corrected chi connectivity index (χ0v) is 11.7. The number of nitrogens with zero attached hydrogens (tertiary/aromatic N) is 3. The van der Waals surface area contributed by atoms with Crippen molar-refractivity contribution in [3.8, 4) is 0 Å². The summed E-state index contributed by atoms with van der Waals surface area (Å²) in [6, 6.07) is 8.86. The van der Waals surface area contributed by atoms with Crippen molar-refractivity contribution in [3.63, 3.8) is 0 Å². The normalized spacial score (nSPS) is 10.9. The number of hydrogen-bond donors (Lipinski definition) is 2. The van der Waals surface area contributed by atoms with Gasteiger partial charge in [-0.3, -0.25) is 4.57 Å². The smallest absolute Gasteiger partial charge is 0.354 e. The van der Waals surface area contributed by atoms with Gasteiger partial charge in [0.05, 0.1) is 0 Å². The number of carbonyl (C=O) groups is 1. The van der Waals surface area contributed by atoms with E-state index in [-0.39, 0.29) is 11.4 Å². The second-order valence-electron chi connectivity index (χ2n) is 4.31. The van der Waals surface area contributed by atoms with Crippen molar-refractivity contribution < 1.29 is 9.90 Å². The predicted molar refractivity (Wildman–Crippen MR) is 76.7 cm³/mol. The molecule has 106 valence electrons. The number of nitrogens with one attached hydrogen (secondary N) is 1. The van der Waals surface area contributed by atoms with Crippen LogP contribution in [0.25, 0.3) is 10.8 Å². The first-order chi connectivity index (χ1) is 10.1. The summed E-state index contributed by atoms with van der Waals surface area (Å²) in [6.45, 7) is 0. The molecule has 2 N–H and O–H groups in total. The topological polar surface area (TPSA) is 101 Å². The molecule has 2 aromatic heterocycles. The third-order valence-corrected chi connectivity index (χ3v) is 4.00. The highest BCUT2D eigenvalue weighted by molar-refractivity contribution is 7.99. The van der Waals surface area contributed by atoms with E-state index in [4.69, 9.17) is 5.11 Å². The molecule has 0 amide bonds. The molecule has 3 aromatic rings. The molecule has 0 spiro atoms. The highest BCUT2D eigenvalue weighted by atomic mass is 32.2. The van der Waals surface area contributed by atoms with Gasteiger partial charge in [0.1, 0.15) is 10.7 Å². The fourth-order valence-corrected chi connectivity index (χ4v) is 2.79. The highest BCUT2D eigenvalue weighted by Gasteiger charge is 2.14. The van der Waals surface area contributed by atoms with Gasteiger partial charge in [-0.1, -0.05) is 24.3 Å². The molecule has 0 radical (unpaired) electrons. The van der Waals surface area contributed by atoms with Gasteiger partial charge in [-0.25, -0.2) is 19.7 Å². The molecule has 0 saturated heterocycles. The lowest BCUT2D eigenvalue weighted by Gasteiger charge is -2.06. The Morgan fingerprint density at radius 2 is 2.14 bits per heavy atom. The van der Waals surface area contributed by atoms with E-state index >= 15 is 0 Å². The number of aromatic nitrogens is 4. The largest absolute Gasteiger partial charge is 0.477 e. The SMILES string of the molecule is Cn1c(Sc2nc(C(=O)O)cc3ccccc23)n[nH]c1=O. The molecular formula is C13H10N4O3S. The number of hydrogen-bond acceptors (Lipinski definition) is 5. The quantitative estimate of drug-likeness (QED) is 0.760. The van der Waals surface area contributed by atoms with Gasteiger partial charge >= 0.3 is 11.7 Å². The monoisotopic (exact) mass is 302 g/mol. The summed E-state index contributed by atoms with van der Waals surface area (Å²) >= 11 is 1.14. The van der Waals surface area contributed by atoms with Crippen LogP contribution < -0.4 is 5.69 Å². The van der Waals surface area contributed by atoms with E-state index in [9.17, 15) is 9.59 Å². The first kappa shape index (κ1) is 13.4. The van der Waals surface area contributed by atoms with Crippen LogP contribution in [-0.2, 0) is 7.05 Å². The van der Waals surface area contributed by atoms with E-state index in [0.717, 1.165) is 22.5 Å². The summed E-state index contributed by atoms with van der Waals surface area (Å²) in [5.74, 6) is -1.10. The first-order valence-corrected chi connectivity index (χ1v) is 6.80. The van der Waals surface area contributed by atoms with Crippen molar-refractivity contribution in [2.24, 2.45) is 7.05 Å².